The third-order valence-electron chi connectivity index (χ3n) is 4.13. The van der Waals surface area contributed by atoms with Gasteiger partial charge in [-0.2, -0.15) is 0 Å². The summed E-state index contributed by atoms with van der Waals surface area (Å²) in [5.41, 5.74) is 2.37. The molecule has 92 valence electrons. The molecule has 2 rings (SSSR count). The fourth-order valence-electron chi connectivity index (χ4n) is 3.43. The largest absolute Gasteiger partial charge is 0.289 e. The quantitative estimate of drug-likeness (QED) is 0.559. The van der Waals surface area contributed by atoms with Gasteiger partial charge in [0.2, 0.25) is 0 Å². The van der Waals surface area contributed by atoms with E-state index in [1.807, 2.05) is 0 Å². The standard InChI is InChI=1S/C15H27N/c1-14(2,3)11-9-12-7-8-13(10-11)16(12)15(4,5)6/h9,12-13H,7-8,10H2,1-6H3. The van der Waals surface area contributed by atoms with Gasteiger partial charge in [-0.05, 0) is 45.4 Å². The zero-order valence-electron chi connectivity index (χ0n) is 11.8. The molecule has 16 heavy (non-hydrogen) atoms. The summed E-state index contributed by atoms with van der Waals surface area (Å²) in [5, 5.41) is 0. The van der Waals surface area contributed by atoms with Crippen molar-refractivity contribution in [2.75, 3.05) is 0 Å². The normalized spacial score (nSPS) is 31.8. The van der Waals surface area contributed by atoms with Gasteiger partial charge in [0.05, 0.1) is 0 Å². The van der Waals surface area contributed by atoms with Crippen molar-refractivity contribution in [3.05, 3.63) is 11.6 Å². The second kappa shape index (κ2) is 3.60. The van der Waals surface area contributed by atoms with E-state index in [1.165, 1.54) is 19.3 Å². The van der Waals surface area contributed by atoms with Gasteiger partial charge in [0.25, 0.3) is 0 Å². The summed E-state index contributed by atoms with van der Waals surface area (Å²) in [6.07, 6.45) is 6.60. The van der Waals surface area contributed by atoms with Crippen molar-refractivity contribution in [1.82, 2.24) is 4.90 Å². The number of hydrogen-bond acceptors (Lipinski definition) is 1. The van der Waals surface area contributed by atoms with Crippen LogP contribution in [0.2, 0.25) is 0 Å². The van der Waals surface area contributed by atoms with E-state index in [2.05, 4.69) is 52.5 Å². The first-order valence-electron chi connectivity index (χ1n) is 6.69. The van der Waals surface area contributed by atoms with Gasteiger partial charge in [0, 0.05) is 17.6 Å². The third kappa shape index (κ3) is 2.07. The van der Waals surface area contributed by atoms with Gasteiger partial charge in [-0.1, -0.05) is 32.4 Å². The summed E-state index contributed by atoms with van der Waals surface area (Å²) in [4.78, 5) is 2.74. The first-order valence-corrected chi connectivity index (χ1v) is 6.69. The minimum atomic E-state index is 0.325. The highest BCUT2D eigenvalue weighted by atomic mass is 15.3. The summed E-state index contributed by atoms with van der Waals surface area (Å²) >= 11 is 0. The number of hydrogen-bond donors (Lipinski definition) is 0. The first kappa shape index (κ1) is 12.2. The highest BCUT2D eigenvalue weighted by molar-refractivity contribution is 5.23. The monoisotopic (exact) mass is 221 g/mol. The van der Waals surface area contributed by atoms with E-state index in [0.717, 1.165) is 6.04 Å². The molecule has 0 radical (unpaired) electrons. The van der Waals surface area contributed by atoms with Crippen molar-refractivity contribution in [2.24, 2.45) is 5.41 Å². The summed E-state index contributed by atoms with van der Waals surface area (Å²) in [5.74, 6) is 0. The van der Waals surface area contributed by atoms with Gasteiger partial charge in [0.15, 0.2) is 0 Å². The van der Waals surface area contributed by atoms with E-state index in [-0.39, 0.29) is 0 Å². The maximum Gasteiger partial charge on any atom is 0.0289 e. The minimum absolute atomic E-state index is 0.325. The van der Waals surface area contributed by atoms with Crippen molar-refractivity contribution in [3.63, 3.8) is 0 Å². The average molecular weight is 221 g/mol. The van der Waals surface area contributed by atoms with E-state index in [9.17, 15) is 0 Å². The fraction of sp³-hybridized carbons (Fsp3) is 0.867. The molecule has 2 unspecified atom stereocenters. The van der Waals surface area contributed by atoms with Gasteiger partial charge in [-0.3, -0.25) is 4.90 Å². The maximum atomic E-state index is 2.74. The molecular weight excluding hydrogens is 194 g/mol. The molecule has 0 aromatic carbocycles. The second-order valence-electron chi connectivity index (χ2n) is 7.52. The first-order chi connectivity index (χ1) is 7.19. The molecule has 0 aromatic rings. The predicted octanol–water partition coefficient (Wildman–Crippen LogP) is 3.99. The van der Waals surface area contributed by atoms with Crippen LogP contribution >= 0.6 is 0 Å². The van der Waals surface area contributed by atoms with Crippen LogP contribution in [-0.4, -0.2) is 22.5 Å². The molecule has 2 atom stereocenters. The SMILES string of the molecule is CC(C)(C)C1=CC2CCC(C1)N2C(C)(C)C. The second-order valence-corrected chi connectivity index (χ2v) is 7.52. The van der Waals surface area contributed by atoms with Crippen LogP contribution in [-0.2, 0) is 0 Å². The lowest BCUT2D eigenvalue weighted by Crippen LogP contribution is -2.51. The van der Waals surface area contributed by atoms with Gasteiger partial charge in [0.1, 0.15) is 0 Å². The van der Waals surface area contributed by atoms with Crippen molar-refractivity contribution in [1.29, 1.82) is 0 Å². The maximum absolute atomic E-state index is 2.74. The highest BCUT2D eigenvalue weighted by Gasteiger charge is 2.43. The Labute approximate surface area is 101 Å². The van der Waals surface area contributed by atoms with Crippen LogP contribution in [0, 0.1) is 5.41 Å². The Morgan fingerprint density at radius 3 is 2.12 bits per heavy atom. The van der Waals surface area contributed by atoms with Gasteiger partial charge >= 0.3 is 0 Å². The van der Waals surface area contributed by atoms with Gasteiger partial charge in [-0.25, -0.2) is 0 Å². The zero-order chi connectivity index (χ0) is 12.1. The van der Waals surface area contributed by atoms with Crippen molar-refractivity contribution >= 4 is 0 Å². The van der Waals surface area contributed by atoms with E-state index < -0.39 is 0 Å². The molecular formula is C15H27N. The van der Waals surface area contributed by atoms with Crippen molar-refractivity contribution < 1.29 is 0 Å². The van der Waals surface area contributed by atoms with Crippen LogP contribution in [0.1, 0.15) is 60.8 Å². The fourth-order valence-corrected chi connectivity index (χ4v) is 3.43. The molecule has 0 amide bonds. The molecule has 2 aliphatic rings. The predicted molar refractivity (Wildman–Crippen MR) is 70.6 cm³/mol. The topological polar surface area (TPSA) is 3.24 Å². The minimum Gasteiger partial charge on any atom is -0.289 e. The van der Waals surface area contributed by atoms with E-state index in [1.54, 1.807) is 5.57 Å². The Kier molecular flexibility index (Phi) is 2.73. The Morgan fingerprint density at radius 2 is 1.69 bits per heavy atom. The molecule has 0 spiro atoms. The Bertz CT molecular complexity index is 300. The van der Waals surface area contributed by atoms with E-state index in [0.29, 0.717) is 17.0 Å². The molecule has 0 aliphatic carbocycles. The van der Waals surface area contributed by atoms with Crippen molar-refractivity contribution in [2.45, 2.75) is 78.4 Å². The zero-order valence-corrected chi connectivity index (χ0v) is 11.8. The molecule has 0 saturated carbocycles. The van der Waals surface area contributed by atoms with Crippen LogP contribution in [0.4, 0.5) is 0 Å². The number of nitrogens with zero attached hydrogens (tertiary/aromatic N) is 1. The van der Waals surface area contributed by atoms with Crippen LogP contribution in [0.25, 0.3) is 0 Å². The molecule has 2 bridgehead atoms. The average Bonchev–Trinajstić information content (AvgIpc) is 2.35. The molecule has 1 saturated heterocycles. The summed E-state index contributed by atoms with van der Waals surface area (Å²) in [7, 11) is 0. The van der Waals surface area contributed by atoms with E-state index in [4.69, 9.17) is 0 Å². The molecule has 0 N–H and O–H groups in total. The summed E-state index contributed by atoms with van der Waals surface area (Å²) in [6.45, 7) is 14.1. The van der Waals surface area contributed by atoms with Crippen LogP contribution in [0.15, 0.2) is 11.6 Å². The highest BCUT2D eigenvalue weighted by Crippen LogP contribution is 2.43. The Balaban J connectivity index is 2.26. The molecule has 1 fully saturated rings. The summed E-state index contributed by atoms with van der Waals surface area (Å²) < 4.78 is 0. The molecule has 1 nitrogen and oxygen atoms in total. The van der Waals surface area contributed by atoms with Crippen molar-refractivity contribution in [3.8, 4) is 0 Å². The molecule has 1 heteroatoms. The third-order valence-corrected chi connectivity index (χ3v) is 4.13. The van der Waals surface area contributed by atoms with Crippen LogP contribution < -0.4 is 0 Å². The number of rotatable bonds is 0. The summed E-state index contributed by atoms with van der Waals surface area (Å²) in [6, 6.07) is 1.50. The van der Waals surface area contributed by atoms with Crippen LogP contribution in [0.3, 0.4) is 0 Å². The van der Waals surface area contributed by atoms with Crippen LogP contribution in [0.5, 0.6) is 0 Å². The lowest BCUT2D eigenvalue weighted by atomic mass is 9.80. The smallest absolute Gasteiger partial charge is 0.0289 e. The lowest BCUT2D eigenvalue weighted by Gasteiger charge is -2.45. The van der Waals surface area contributed by atoms with Gasteiger partial charge < -0.3 is 0 Å². The molecule has 2 aliphatic heterocycles. The Hall–Kier alpha value is -0.300. The van der Waals surface area contributed by atoms with E-state index >= 15 is 0 Å². The number of fused-ring (bicyclic) bond motifs is 2. The van der Waals surface area contributed by atoms with Gasteiger partial charge in [-0.15, -0.1) is 0 Å². The molecule has 0 aromatic heterocycles. The molecule has 2 heterocycles. The lowest BCUT2D eigenvalue weighted by molar-refractivity contribution is 0.0819. The Morgan fingerprint density at radius 1 is 1.06 bits per heavy atom.